The average Bonchev–Trinajstić information content (AvgIpc) is 2.45. The van der Waals surface area contributed by atoms with Gasteiger partial charge in [0.1, 0.15) is 0 Å². The van der Waals surface area contributed by atoms with Crippen molar-refractivity contribution in [2.24, 2.45) is 0 Å². The molecule has 0 saturated carbocycles. The highest BCUT2D eigenvalue weighted by Gasteiger charge is 2.08. The van der Waals surface area contributed by atoms with Crippen LogP contribution in [0.15, 0.2) is 42.5 Å². The van der Waals surface area contributed by atoms with Crippen LogP contribution in [0.1, 0.15) is 27.0 Å². The Labute approximate surface area is 117 Å². The van der Waals surface area contributed by atoms with Gasteiger partial charge in [0, 0.05) is 17.8 Å². The highest BCUT2D eigenvalue weighted by Crippen LogP contribution is 2.12. The van der Waals surface area contributed by atoms with Gasteiger partial charge in [-0.15, -0.1) is 0 Å². The highest BCUT2D eigenvalue weighted by molar-refractivity contribution is 5.95. The molecular formula is C16H15N3O. The predicted octanol–water partition coefficient (Wildman–Crippen LogP) is 2.38. The van der Waals surface area contributed by atoms with Gasteiger partial charge in [-0.05, 0) is 48.4 Å². The first-order valence-corrected chi connectivity index (χ1v) is 6.23. The first-order valence-electron chi connectivity index (χ1n) is 6.23. The van der Waals surface area contributed by atoms with Gasteiger partial charge in [0.05, 0.1) is 11.6 Å². The van der Waals surface area contributed by atoms with Gasteiger partial charge >= 0.3 is 0 Å². The van der Waals surface area contributed by atoms with Crippen LogP contribution in [0.25, 0.3) is 0 Å². The lowest BCUT2D eigenvalue weighted by Gasteiger charge is -2.08. The van der Waals surface area contributed by atoms with E-state index >= 15 is 0 Å². The topological polar surface area (TPSA) is 78.9 Å². The van der Waals surface area contributed by atoms with Crippen molar-refractivity contribution in [3.63, 3.8) is 0 Å². The molecule has 0 aliphatic heterocycles. The van der Waals surface area contributed by atoms with Crippen LogP contribution in [0.4, 0.5) is 5.69 Å². The summed E-state index contributed by atoms with van der Waals surface area (Å²) in [7, 11) is 0. The van der Waals surface area contributed by atoms with Crippen LogP contribution in [-0.4, -0.2) is 5.91 Å². The van der Waals surface area contributed by atoms with E-state index in [0.717, 1.165) is 11.1 Å². The molecule has 0 heterocycles. The molecule has 0 aromatic heterocycles. The van der Waals surface area contributed by atoms with Gasteiger partial charge in [0.2, 0.25) is 0 Å². The van der Waals surface area contributed by atoms with Crippen LogP contribution in [0.2, 0.25) is 0 Å². The SMILES string of the molecule is Cc1cc(N)ccc1C(=O)NCc1cccc(C#N)c1. The molecule has 0 atom stereocenters. The molecule has 20 heavy (non-hydrogen) atoms. The maximum absolute atomic E-state index is 12.1. The van der Waals surface area contributed by atoms with Crippen LogP contribution in [0.5, 0.6) is 0 Å². The molecule has 3 N–H and O–H groups in total. The van der Waals surface area contributed by atoms with E-state index in [-0.39, 0.29) is 5.91 Å². The highest BCUT2D eigenvalue weighted by atomic mass is 16.1. The third-order valence-corrected chi connectivity index (χ3v) is 3.00. The Morgan fingerprint density at radius 2 is 2.10 bits per heavy atom. The molecule has 0 radical (unpaired) electrons. The number of aryl methyl sites for hydroxylation is 1. The Kier molecular flexibility index (Phi) is 4.02. The number of nitrogens with two attached hydrogens (primary N) is 1. The van der Waals surface area contributed by atoms with Crippen molar-refractivity contribution in [2.75, 3.05) is 5.73 Å². The number of hydrogen-bond donors (Lipinski definition) is 2. The van der Waals surface area contributed by atoms with E-state index in [1.165, 1.54) is 0 Å². The standard InChI is InChI=1S/C16H15N3O/c1-11-7-14(18)5-6-15(11)16(20)19-10-13-4-2-3-12(8-13)9-17/h2-8H,10,18H2,1H3,(H,19,20). The minimum Gasteiger partial charge on any atom is -0.399 e. The minimum atomic E-state index is -0.148. The quantitative estimate of drug-likeness (QED) is 0.836. The summed E-state index contributed by atoms with van der Waals surface area (Å²) < 4.78 is 0. The first-order chi connectivity index (χ1) is 9.60. The number of hydrogen-bond acceptors (Lipinski definition) is 3. The van der Waals surface area contributed by atoms with Gasteiger partial charge in [-0.1, -0.05) is 12.1 Å². The Hall–Kier alpha value is -2.80. The number of carbonyl (C=O) groups is 1. The molecule has 0 unspecified atom stereocenters. The number of carbonyl (C=O) groups excluding carboxylic acids is 1. The molecule has 100 valence electrons. The van der Waals surface area contributed by atoms with Crippen molar-refractivity contribution in [1.29, 1.82) is 5.26 Å². The van der Waals surface area contributed by atoms with Gasteiger partial charge in [0.25, 0.3) is 5.91 Å². The summed E-state index contributed by atoms with van der Waals surface area (Å²) in [6.07, 6.45) is 0. The zero-order valence-corrected chi connectivity index (χ0v) is 11.2. The number of nitrogen functional groups attached to an aromatic ring is 1. The van der Waals surface area contributed by atoms with Crippen LogP contribution >= 0.6 is 0 Å². The van der Waals surface area contributed by atoms with E-state index < -0.39 is 0 Å². The number of nitrogens with one attached hydrogen (secondary N) is 1. The fourth-order valence-corrected chi connectivity index (χ4v) is 1.97. The number of anilines is 1. The van der Waals surface area contributed by atoms with Gasteiger partial charge in [-0.2, -0.15) is 5.26 Å². The zero-order chi connectivity index (χ0) is 14.5. The molecule has 0 bridgehead atoms. The summed E-state index contributed by atoms with van der Waals surface area (Å²) in [4.78, 5) is 12.1. The summed E-state index contributed by atoms with van der Waals surface area (Å²) in [5, 5.41) is 11.7. The number of benzene rings is 2. The lowest BCUT2D eigenvalue weighted by atomic mass is 10.1. The van der Waals surface area contributed by atoms with Gasteiger partial charge in [-0.3, -0.25) is 4.79 Å². The fraction of sp³-hybridized carbons (Fsp3) is 0.125. The van der Waals surface area contributed by atoms with Crippen LogP contribution < -0.4 is 11.1 Å². The van der Waals surface area contributed by atoms with Crippen molar-refractivity contribution >= 4 is 11.6 Å². The summed E-state index contributed by atoms with van der Waals surface area (Å²) in [5.74, 6) is -0.148. The first kappa shape index (κ1) is 13.6. The molecule has 4 heteroatoms. The van der Waals surface area contributed by atoms with E-state index in [1.54, 1.807) is 36.4 Å². The molecule has 0 fully saturated rings. The van der Waals surface area contributed by atoms with Gasteiger partial charge in [-0.25, -0.2) is 0 Å². The monoisotopic (exact) mass is 265 g/mol. The Morgan fingerprint density at radius 3 is 2.80 bits per heavy atom. The third kappa shape index (κ3) is 3.15. The summed E-state index contributed by atoms with van der Waals surface area (Å²) in [6.45, 7) is 2.24. The Morgan fingerprint density at radius 1 is 1.30 bits per heavy atom. The van der Waals surface area contributed by atoms with Crippen LogP contribution in [0, 0.1) is 18.3 Å². The lowest BCUT2D eigenvalue weighted by Crippen LogP contribution is -2.23. The van der Waals surface area contributed by atoms with Crippen molar-refractivity contribution < 1.29 is 4.79 Å². The van der Waals surface area contributed by atoms with E-state index in [2.05, 4.69) is 11.4 Å². The van der Waals surface area contributed by atoms with E-state index in [1.807, 2.05) is 13.0 Å². The normalized spacial score (nSPS) is 9.80. The second-order valence-corrected chi connectivity index (χ2v) is 4.57. The van der Waals surface area contributed by atoms with Crippen molar-refractivity contribution in [3.05, 3.63) is 64.7 Å². The fourth-order valence-electron chi connectivity index (χ4n) is 1.97. The van der Waals surface area contributed by atoms with Gasteiger partial charge in [0.15, 0.2) is 0 Å². The molecule has 0 aliphatic rings. The Balaban J connectivity index is 2.07. The number of amides is 1. The summed E-state index contributed by atoms with van der Waals surface area (Å²) >= 11 is 0. The van der Waals surface area contributed by atoms with Gasteiger partial charge < -0.3 is 11.1 Å². The maximum Gasteiger partial charge on any atom is 0.251 e. The molecule has 2 aromatic carbocycles. The zero-order valence-electron chi connectivity index (χ0n) is 11.2. The second kappa shape index (κ2) is 5.89. The van der Waals surface area contributed by atoms with Crippen LogP contribution in [-0.2, 0) is 6.54 Å². The molecule has 2 rings (SSSR count). The molecule has 0 aliphatic carbocycles. The van der Waals surface area contributed by atoms with E-state index in [9.17, 15) is 4.79 Å². The second-order valence-electron chi connectivity index (χ2n) is 4.57. The summed E-state index contributed by atoms with van der Waals surface area (Å²) in [6, 6.07) is 14.4. The van der Waals surface area contributed by atoms with E-state index in [4.69, 9.17) is 11.0 Å². The minimum absolute atomic E-state index is 0.148. The average molecular weight is 265 g/mol. The maximum atomic E-state index is 12.1. The molecule has 0 spiro atoms. The lowest BCUT2D eigenvalue weighted by molar-refractivity contribution is 0.0950. The number of nitriles is 1. The van der Waals surface area contributed by atoms with Crippen LogP contribution in [0.3, 0.4) is 0 Å². The Bertz CT molecular complexity index is 686. The molecule has 1 amide bonds. The molecule has 0 saturated heterocycles. The smallest absolute Gasteiger partial charge is 0.251 e. The van der Waals surface area contributed by atoms with Crippen molar-refractivity contribution in [2.45, 2.75) is 13.5 Å². The molecule has 4 nitrogen and oxygen atoms in total. The number of rotatable bonds is 3. The van der Waals surface area contributed by atoms with Crippen molar-refractivity contribution in [1.82, 2.24) is 5.32 Å². The largest absolute Gasteiger partial charge is 0.399 e. The molecule has 2 aromatic rings. The predicted molar refractivity (Wildman–Crippen MR) is 77.9 cm³/mol. The van der Waals surface area contributed by atoms with E-state index in [0.29, 0.717) is 23.4 Å². The molecular weight excluding hydrogens is 250 g/mol. The van der Waals surface area contributed by atoms with Crippen molar-refractivity contribution in [3.8, 4) is 6.07 Å². The summed E-state index contributed by atoms with van der Waals surface area (Å²) in [5.41, 5.74) is 9.23. The third-order valence-electron chi connectivity index (χ3n) is 3.00. The number of nitrogens with zero attached hydrogens (tertiary/aromatic N) is 1.